The highest BCUT2D eigenvalue weighted by molar-refractivity contribution is 5.76. The molecule has 0 bridgehead atoms. The summed E-state index contributed by atoms with van der Waals surface area (Å²) in [5, 5.41) is 4.54. The van der Waals surface area contributed by atoms with Gasteiger partial charge in [-0.1, -0.05) is 0 Å². The van der Waals surface area contributed by atoms with Crippen LogP contribution in [0.2, 0.25) is 0 Å². The van der Waals surface area contributed by atoms with E-state index in [-0.39, 0.29) is 17.5 Å². The van der Waals surface area contributed by atoms with Gasteiger partial charge in [0.2, 0.25) is 5.91 Å². The summed E-state index contributed by atoms with van der Waals surface area (Å²) in [6.45, 7) is -0.199. The largest absolute Gasteiger partial charge is 0.484 e. The molecule has 0 unspecified atom stereocenters. The molecule has 1 saturated heterocycles. The summed E-state index contributed by atoms with van der Waals surface area (Å²) in [5.41, 5.74) is 1.20. The second-order valence-electron chi connectivity index (χ2n) is 7.76. The standard InChI is InChI=1S/C23H22F4N4O2/c24-17-6-4-16(5-7-17)22-28-20(12-14-30-13-2-1-3-21(30)32)31(29-22)18-8-10-19(11-9-18)33-15-23(25,26)27/h4-11H,1-3,12-15H2. The molecule has 0 saturated carbocycles. The highest BCUT2D eigenvalue weighted by Crippen LogP contribution is 2.23. The number of hydrogen-bond acceptors (Lipinski definition) is 4. The maximum absolute atomic E-state index is 13.3. The summed E-state index contributed by atoms with van der Waals surface area (Å²) < 4.78 is 56.9. The Hall–Kier alpha value is -3.43. The van der Waals surface area contributed by atoms with Gasteiger partial charge in [0, 0.05) is 31.5 Å². The van der Waals surface area contributed by atoms with E-state index in [1.54, 1.807) is 33.8 Å². The van der Waals surface area contributed by atoms with E-state index in [0.717, 1.165) is 12.8 Å². The van der Waals surface area contributed by atoms with Crippen LogP contribution in [0.25, 0.3) is 17.1 Å². The quantitative estimate of drug-likeness (QED) is 0.483. The van der Waals surface area contributed by atoms with Crippen molar-refractivity contribution >= 4 is 5.91 Å². The fourth-order valence-corrected chi connectivity index (χ4v) is 3.62. The van der Waals surface area contributed by atoms with Crippen LogP contribution >= 0.6 is 0 Å². The normalized spacial score (nSPS) is 14.5. The number of benzene rings is 2. The van der Waals surface area contributed by atoms with Crippen molar-refractivity contribution < 1.29 is 27.1 Å². The number of hydrogen-bond donors (Lipinski definition) is 0. The number of amides is 1. The number of nitrogens with zero attached hydrogens (tertiary/aromatic N) is 4. The molecular weight excluding hydrogens is 440 g/mol. The van der Waals surface area contributed by atoms with Crippen molar-refractivity contribution in [3.8, 4) is 22.8 Å². The molecule has 0 aliphatic carbocycles. The van der Waals surface area contributed by atoms with Crippen molar-refractivity contribution in [2.75, 3.05) is 19.7 Å². The van der Waals surface area contributed by atoms with Crippen molar-refractivity contribution in [1.29, 1.82) is 0 Å². The van der Waals surface area contributed by atoms with E-state index < -0.39 is 12.8 Å². The Labute approximate surface area is 187 Å². The van der Waals surface area contributed by atoms with Gasteiger partial charge in [-0.05, 0) is 61.4 Å². The van der Waals surface area contributed by atoms with Gasteiger partial charge in [0.25, 0.3) is 0 Å². The first-order valence-electron chi connectivity index (χ1n) is 10.6. The molecule has 0 spiro atoms. The summed E-state index contributed by atoms with van der Waals surface area (Å²) >= 11 is 0. The molecule has 1 aromatic heterocycles. The molecule has 33 heavy (non-hydrogen) atoms. The predicted molar refractivity (Wildman–Crippen MR) is 112 cm³/mol. The number of piperidine rings is 1. The minimum Gasteiger partial charge on any atom is -0.484 e. The van der Waals surface area contributed by atoms with Gasteiger partial charge in [0.1, 0.15) is 17.4 Å². The number of alkyl halides is 3. The lowest BCUT2D eigenvalue weighted by Crippen LogP contribution is -2.37. The predicted octanol–water partition coefficient (Wildman–Crippen LogP) is 4.57. The van der Waals surface area contributed by atoms with Gasteiger partial charge in [-0.2, -0.15) is 13.2 Å². The van der Waals surface area contributed by atoms with Gasteiger partial charge in [-0.3, -0.25) is 4.79 Å². The van der Waals surface area contributed by atoms with Crippen LogP contribution in [0, 0.1) is 5.82 Å². The number of aromatic nitrogens is 3. The van der Waals surface area contributed by atoms with E-state index >= 15 is 0 Å². The average Bonchev–Trinajstić information content (AvgIpc) is 3.22. The Kier molecular flexibility index (Phi) is 6.62. The van der Waals surface area contributed by atoms with E-state index in [9.17, 15) is 22.4 Å². The van der Waals surface area contributed by atoms with E-state index in [2.05, 4.69) is 10.1 Å². The van der Waals surface area contributed by atoms with Gasteiger partial charge >= 0.3 is 6.18 Å². The van der Waals surface area contributed by atoms with Crippen LogP contribution in [0.15, 0.2) is 48.5 Å². The van der Waals surface area contributed by atoms with Crippen LogP contribution < -0.4 is 4.74 Å². The minimum atomic E-state index is -4.42. The molecule has 1 aliphatic rings. The summed E-state index contributed by atoms with van der Waals surface area (Å²) in [7, 11) is 0. The third-order valence-corrected chi connectivity index (χ3v) is 5.29. The van der Waals surface area contributed by atoms with Gasteiger partial charge in [-0.15, -0.1) is 5.10 Å². The number of rotatable bonds is 7. The highest BCUT2D eigenvalue weighted by Gasteiger charge is 2.28. The van der Waals surface area contributed by atoms with Gasteiger partial charge in [-0.25, -0.2) is 14.1 Å². The van der Waals surface area contributed by atoms with E-state index in [1.807, 2.05) is 0 Å². The van der Waals surface area contributed by atoms with Crippen molar-refractivity contribution in [2.24, 2.45) is 0 Å². The van der Waals surface area contributed by atoms with Crippen molar-refractivity contribution in [1.82, 2.24) is 19.7 Å². The molecule has 6 nitrogen and oxygen atoms in total. The number of likely N-dealkylation sites (tertiary alicyclic amines) is 1. The molecule has 3 aromatic rings. The number of carbonyl (C=O) groups is 1. The number of halogens is 4. The third-order valence-electron chi connectivity index (χ3n) is 5.29. The van der Waals surface area contributed by atoms with Gasteiger partial charge < -0.3 is 9.64 Å². The summed E-state index contributed by atoms with van der Waals surface area (Å²) in [6, 6.07) is 11.8. The zero-order chi connectivity index (χ0) is 23.4. The highest BCUT2D eigenvalue weighted by atomic mass is 19.4. The Morgan fingerprint density at radius 2 is 1.73 bits per heavy atom. The first-order chi connectivity index (χ1) is 15.8. The van der Waals surface area contributed by atoms with Crippen molar-refractivity contribution in [2.45, 2.75) is 31.9 Å². The summed E-state index contributed by atoms with van der Waals surface area (Å²) in [5.74, 6) is 0.771. The van der Waals surface area contributed by atoms with E-state index in [0.29, 0.717) is 48.8 Å². The second kappa shape index (κ2) is 9.60. The number of ether oxygens (including phenoxy) is 1. The minimum absolute atomic E-state index is 0.0791. The molecule has 4 rings (SSSR count). The first kappa shape index (κ1) is 22.8. The van der Waals surface area contributed by atoms with Crippen molar-refractivity contribution in [3.05, 3.63) is 60.2 Å². The van der Waals surface area contributed by atoms with E-state index in [1.165, 1.54) is 24.3 Å². The Bertz CT molecular complexity index is 1100. The molecule has 1 aliphatic heterocycles. The van der Waals surface area contributed by atoms with Crippen LogP contribution in [-0.2, 0) is 11.2 Å². The topological polar surface area (TPSA) is 60.2 Å². The zero-order valence-electron chi connectivity index (χ0n) is 17.7. The first-order valence-corrected chi connectivity index (χ1v) is 10.6. The Morgan fingerprint density at radius 3 is 2.39 bits per heavy atom. The lowest BCUT2D eigenvalue weighted by atomic mass is 10.1. The maximum atomic E-state index is 13.3. The fraction of sp³-hybridized carbons (Fsp3) is 0.348. The summed E-state index contributed by atoms with van der Waals surface area (Å²) in [4.78, 5) is 18.6. The third kappa shape index (κ3) is 5.88. The van der Waals surface area contributed by atoms with Crippen LogP contribution in [0.4, 0.5) is 17.6 Å². The fourth-order valence-electron chi connectivity index (χ4n) is 3.62. The molecule has 2 heterocycles. The molecular formula is C23H22F4N4O2. The van der Waals surface area contributed by atoms with Crippen LogP contribution in [0.3, 0.4) is 0 Å². The average molecular weight is 462 g/mol. The lowest BCUT2D eigenvalue weighted by Gasteiger charge is -2.26. The van der Waals surface area contributed by atoms with E-state index in [4.69, 9.17) is 4.74 Å². The van der Waals surface area contributed by atoms with Crippen LogP contribution in [-0.4, -0.2) is 51.4 Å². The Balaban J connectivity index is 1.59. The van der Waals surface area contributed by atoms with Crippen molar-refractivity contribution in [3.63, 3.8) is 0 Å². The zero-order valence-corrected chi connectivity index (χ0v) is 17.7. The smallest absolute Gasteiger partial charge is 0.422 e. The molecule has 0 atom stereocenters. The molecule has 0 N–H and O–H groups in total. The van der Waals surface area contributed by atoms with Gasteiger partial charge in [0.15, 0.2) is 12.4 Å². The lowest BCUT2D eigenvalue weighted by molar-refractivity contribution is -0.153. The Morgan fingerprint density at radius 1 is 1.00 bits per heavy atom. The molecule has 1 fully saturated rings. The molecule has 1 amide bonds. The van der Waals surface area contributed by atoms with Crippen LogP contribution in [0.5, 0.6) is 5.75 Å². The van der Waals surface area contributed by atoms with Gasteiger partial charge in [0.05, 0.1) is 5.69 Å². The monoisotopic (exact) mass is 462 g/mol. The second-order valence-corrected chi connectivity index (χ2v) is 7.76. The SMILES string of the molecule is O=C1CCCCN1CCc1nc(-c2ccc(F)cc2)nn1-c1ccc(OCC(F)(F)F)cc1. The number of carbonyl (C=O) groups excluding carboxylic acids is 1. The van der Waals surface area contributed by atoms with Crippen LogP contribution in [0.1, 0.15) is 25.1 Å². The maximum Gasteiger partial charge on any atom is 0.422 e. The summed E-state index contributed by atoms with van der Waals surface area (Å²) in [6.07, 6.45) is -1.60. The molecule has 10 heteroatoms. The molecule has 0 radical (unpaired) electrons. The molecule has 2 aromatic carbocycles. The molecule has 174 valence electrons.